The number of carbonyl (C=O) groups excluding carboxylic acids is 1. The summed E-state index contributed by atoms with van der Waals surface area (Å²) >= 11 is 6.14. The van der Waals surface area contributed by atoms with Gasteiger partial charge in [0.15, 0.2) is 0 Å². The molecule has 1 aliphatic heterocycles. The zero-order chi connectivity index (χ0) is 15.2. The molecule has 0 spiro atoms. The third kappa shape index (κ3) is 5.76. The van der Waals surface area contributed by atoms with E-state index in [0.29, 0.717) is 23.3 Å². The molecule has 2 N–H and O–H groups in total. The van der Waals surface area contributed by atoms with Crippen LogP contribution in [-0.4, -0.2) is 43.5 Å². The zero-order valence-corrected chi connectivity index (χ0v) is 14.8. The van der Waals surface area contributed by atoms with Crippen molar-refractivity contribution in [3.63, 3.8) is 0 Å². The number of hydrogen-bond acceptors (Lipinski definition) is 3. The van der Waals surface area contributed by atoms with Gasteiger partial charge >= 0.3 is 0 Å². The minimum Gasteiger partial charge on any atom is -0.324 e. The maximum Gasteiger partial charge on any atom is 0.238 e. The molecular weight excluding hydrogens is 321 g/mol. The quantitative estimate of drug-likeness (QED) is 0.881. The van der Waals surface area contributed by atoms with Crippen LogP contribution in [0.2, 0.25) is 5.02 Å². The molecule has 1 fully saturated rings. The van der Waals surface area contributed by atoms with Crippen molar-refractivity contribution in [1.29, 1.82) is 0 Å². The second-order valence-electron chi connectivity index (χ2n) is 5.78. The molecule has 22 heavy (non-hydrogen) atoms. The Morgan fingerprint density at radius 1 is 1.41 bits per heavy atom. The molecule has 1 unspecified atom stereocenters. The van der Waals surface area contributed by atoms with Gasteiger partial charge in [0.1, 0.15) is 0 Å². The number of nitrogens with one attached hydrogen (secondary N) is 2. The van der Waals surface area contributed by atoms with Crippen molar-refractivity contribution in [2.45, 2.75) is 32.2 Å². The Labute approximate surface area is 144 Å². The maximum atomic E-state index is 12.2. The number of anilines is 1. The first-order valence-corrected chi connectivity index (χ1v) is 7.91. The predicted molar refractivity (Wildman–Crippen MR) is 95.2 cm³/mol. The molecule has 124 valence electrons. The molecule has 1 heterocycles. The number of likely N-dealkylation sites (N-methyl/N-ethyl adjacent to an activating group) is 1. The summed E-state index contributed by atoms with van der Waals surface area (Å²) < 4.78 is 0. The number of benzene rings is 1. The molecule has 0 aliphatic carbocycles. The minimum absolute atomic E-state index is 0. The minimum atomic E-state index is -0.0135. The van der Waals surface area contributed by atoms with Gasteiger partial charge in [-0.15, -0.1) is 12.4 Å². The third-order valence-corrected chi connectivity index (χ3v) is 4.27. The highest BCUT2D eigenvalue weighted by atomic mass is 35.5. The Morgan fingerprint density at radius 3 is 2.91 bits per heavy atom. The Kier molecular flexibility index (Phi) is 8.18. The molecule has 0 saturated carbocycles. The SMILES string of the molecule is Cc1ccc(NC(=O)CN(C)C2CCCNCC2)c(Cl)c1.Cl. The van der Waals surface area contributed by atoms with Gasteiger partial charge < -0.3 is 10.6 Å². The standard InChI is InChI=1S/C16H24ClN3O.ClH/c1-12-5-6-15(14(17)10-12)19-16(21)11-20(2)13-4-3-8-18-9-7-13;/h5-6,10,13,18H,3-4,7-9,11H2,1-2H3,(H,19,21);1H. The van der Waals surface area contributed by atoms with Gasteiger partial charge in [-0.25, -0.2) is 0 Å². The summed E-state index contributed by atoms with van der Waals surface area (Å²) in [6.07, 6.45) is 3.40. The van der Waals surface area contributed by atoms with E-state index in [9.17, 15) is 4.79 Å². The molecule has 1 aromatic carbocycles. The number of amides is 1. The van der Waals surface area contributed by atoms with Gasteiger partial charge in [-0.2, -0.15) is 0 Å². The number of rotatable bonds is 4. The molecule has 1 amide bonds. The highest BCUT2D eigenvalue weighted by molar-refractivity contribution is 6.33. The first kappa shape index (κ1) is 19.2. The maximum absolute atomic E-state index is 12.2. The normalized spacial score (nSPS) is 18.5. The topological polar surface area (TPSA) is 44.4 Å². The molecule has 1 saturated heterocycles. The van der Waals surface area contributed by atoms with E-state index in [2.05, 4.69) is 15.5 Å². The average molecular weight is 346 g/mol. The Hall–Kier alpha value is -0.810. The van der Waals surface area contributed by atoms with Crippen LogP contribution in [0.15, 0.2) is 18.2 Å². The van der Waals surface area contributed by atoms with Gasteiger partial charge in [-0.3, -0.25) is 9.69 Å². The van der Waals surface area contributed by atoms with Gasteiger partial charge in [0, 0.05) is 6.04 Å². The van der Waals surface area contributed by atoms with Crippen molar-refractivity contribution in [1.82, 2.24) is 10.2 Å². The molecule has 4 nitrogen and oxygen atoms in total. The van der Waals surface area contributed by atoms with Crippen molar-refractivity contribution >= 4 is 35.6 Å². The van der Waals surface area contributed by atoms with Crippen LogP contribution in [0.3, 0.4) is 0 Å². The van der Waals surface area contributed by atoms with E-state index in [1.54, 1.807) is 0 Å². The summed E-state index contributed by atoms with van der Waals surface area (Å²) in [5.41, 5.74) is 1.77. The highest BCUT2D eigenvalue weighted by Gasteiger charge is 2.19. The van der Waals surface area contributed by atoms with E-state index in [4.69, 9.17) is 11.6 Å². The summed E-state index contributed by atoms with van der Waals surface area (Å²) in [5.74, 6) is -0.0135. The third-order valence-electron chi connectivity index (χ3n) is 3.96. The van der Waals surface area contributed by atoms with Gasteiger partial charge in [0.2, 0.25) is 5.91 Å². The van der Waals surface area contributed by atoms with Gasteiger partial charge in [0.25, 0.3) is 0 Å². The summed E-state index contributed by atoms with van der Waals surface area (Å²) in [4.78, 5) is 14.3. The molecular formula is C16H25Cl2N3O. The van der Waals surface area contributed by atoms with Crippen LogP contribution in [0.25, 0.3) is 0 Å². The largest absolute Gasteiger partial charge is 0.324 e. The lowest BCUT2D eigenvalue weighted by molar-refractivity contribution is -0.117. The summed E-state index contributed by atoms with van der Waals surface area (Å²) in [7, 11) is 2.02. The van der Waals surface area contributed by atoms with Crippen LogP contribution in [0, 0.1) is 6.92 Å². The van der Waals surface area contributed by atoms with E-state index in [0.717, 1.165) is 31.5 Å². The highest BCUT2D eigenvalue weighted by Crippen LogP contribution is 2.22. The molecule has 1 atom stereocenters. The van der Waals surface area contributed by atoms with E-state index in [1.165, 1.54) is 6.42 Å². The Balaban J connectivity index is 0.00000242. The van der Waals surface area contributed by atoms with Crippen LogP contribution in [-0.2, 0) is 4.79 Å². The van der Waals surface area contributed by atoms with Crippen molar-refractivity contribution in [2.75, 3.05) is 32.0 Å². The van der Waals surface area contributed by atoms with Crippen LogP contribution in [0.5, 0.6) is 0 Å². The fourth-order valence-corrected chi connectivity index (χ4v) is 2.99. The molecule has 1 aromatic rings. The van der Waals surface area contributed by atoms with Crippen LogP contribution in [0.4, 0.5) is 5.69 Å². The van der Waals surface area contributed by atoms with E-state index >= 15 is 0 Å². The molecule has 0 aromatic heterocycles. The van der Waals surface area contributed by atoms with Crippen LogP contribution >= 0.6 is 24.0 Å². The number of halogens is 2. The zero-order valence-electron chi connectivity index (χ0n) is 13.2. The van der Waals surface area contributed by atoms with Gasteiger partial charge in [-0.05, 0) is 64.0 Å². The van der Waals surface area contributed by atoms with Gasteiger partial charge in [-0.1, -0.05) is 17.7 Å². The fraction of sp³-hybridized carbons (Fsp3) is 0.562. The molecule has 0 bridgehead atoms. The number of hydrogen-bond donors (Lipinski definition) is 2. The monoisotopic (exact) mass is 345 g/mol. The summed E-state index contributed by atoms with van der Waals surface area (Å²) in [6, 6.07) is 6.13. The van der Waals surface area contributed by atoms with E-state index < -0.39 is 0 Å². The summed E-state index contributed by atoms with van der Waals surface area (Å²) in [5, 5.41) is 6.88. The number of aryl methyl sites for hydroxylation is 1. The molecule has 1 aliphatic rings. The molecule has 6 heteroatoms. The second kappa shape index (κ2) is 9.36. The second-order valence-corrected chi connectivity index (χ2v) is 6.19. The lowest BCUT2D eigenvalue weighted by atomic mass is 10.1. The van der Waals surface area contributed by atoms with E-state index in [1.807, 2.05) is 32.2 Å². The lowest BCUT2D eigenvalue weighted by Gasteiger charge is -2.26. The average Bonchev–Trinajstić information content (AvgIpc) is 2.71. The predicted octanol–water partition coefficient (Wildman–Crippen LogP) is 3.08. The van der Waals surface area contributed by atoms with Crippen LogP contribution < -0.4 is 10.6 Å². The molecule has 2 rings (SSSR count). The van der Waals surface area contributed by atoms with Crippen molar-refractivity contribution < 1.29 is 4.79 Å². The lowest BCUT2D eigenvalue weighted by Crippen LogP contribution is -2.38. The molecule has 0 radical (unpaired) electrons. The Bertz CT molecular complexity index is 488. The van der Waals surface area contributed by atoms with Gasteiger partial charge in [0.05, 0.1) is 17.3 Å². The summed E-state index contributed by atoms with van der Waals surface area (Å²) in [6.45, 7) is 4.48. The first-order chi connectivity index (χ1) is 10.1. The van der Waals surface area contributed by atoms with Crippen molar-refractivity contribution in [3.8, 4) is 0 Å². The van der Waals surface area contributed by atoms with E-state index in [-0.39, 0.29) is 18.3 Å². The Morgan fingerprint density at radius 2 is 2.18 bits per heavy atom. The fourth-order valence-electron chi connectivity index (χ4n) is 2.71. The van der Waals surface area contributed by atoms with Crippen molar-refractivity contribution in [2.24, 2.45) is 0 Å². The number of nitrogens with zero attached hydrogens (tertiary/aromatic N) is 1. The number of carbonyl (C=O) groups is 1. The van der Waals surface area contributed by atoms with Crippen LogP contribution in [0.1, 0.15) is 24.8 Å². The van der Waals surface area contributed by atoms with Crippen molar-refractivity contribution in [3.05, 3.63) is 28.8 Å². The first-order valence-electron chi connectivity index (χ1n) is 7.53. The smallest absolute Gasteiger partial charge is 0.238 e.